The molecule has 0 radical (unpaired) electrons. The zero-order valence-corrected chi connectivity index (χ0v) is 10.9. The normalized spacial score (nSPS) is 16.1. The summed E-state index contributed by atoms with van der Waals surface area (Å²) in [7, 11) is 2.20. The highest BCUT2D eigenvalue weighted by Gasteiger charge is 2.19. The first-order chi connectivity index (χ1) is 8.31. The summed E-state index contributed by atoms with van der Waals surface area (Å²) in [5, 5.41) is 3.34. The van der Waals surface area contributed by atoms with Gasteiger partial charge in [0.25, 0.3) is 0 Å². The maximum Gasteiger partial charge on any atom is 0.127 e. The summed E-state index contributed by atoms with van der Waals surface area (Å²) >= 11 is 0. The molecule has 0 saturated heterocycles. The number of hydrogen-bond donors (Lipinski definition) is 1. The predicted molar refractivity (Wildman–Crippen MR) is 73.7 cm³/mol. The molecular formula is C14H23N3. The van der Waals surface area contributed by atoms with Crippen molar-refractivity contribution in [3.63, 3.8) is 0 Å². The van der Waals surface area contributed by atoms with E-state index in [0.717, 1.165) is 24.8 Å². The van der Waals surface area contributed by atoms with Crippen LogP contribution in [0.15, 0.2) is 18.3 Å². The van der Waals surface area contributed by atoms with E-state index in [1.165, 1.54) is 31.4 Å². The van der Waals surface area contributed by atoms with Crippen molar-refractivity contribution in [1.82, 2.24) is 4.98 Å². The van der Waals surface area contributed by atoms with E-state index in [2.05, 4.69) is 41.3 Å². The molecule has 2 rings (SSSR count). The van der Waals surface area contributed by atoms with Crippen molar-refractivity contribution in [3.8, 4) is 0 Å². The van der Waals surface area contributed by atoms with Crippen molar-refractivity contribution in [2.24, 2.45) is 0 Å². The largest absolute Gasteiger partial charge is 0.371 e. The topological polar surface area (TPSA) is 28.2 Å². The Morgan fingerprint density at radius 3 is 2.88 bits per heavy atom. The van der Waals surface area contributed by atoms with Crippen LogP contribution in [0.2, 0.25) is 0 Å². The highest BCUT2D eigenvalue weighted by atomic mass is 15.1. The summed E-state index contributed by atoms with van der Waals surface area (Å²) in [5.74, 6) is 0.995. The van der Waals surface area contributed by atoms with Crippen LogP contribution in [0.3, 0.4) is 0 Å². The first kappa shape index (κ1) is 12.2. The first-order valence-electron chi connectivity index (χ1n) is 6.74. The lowest BCUT2D eigenvalue weighted by molar-refractivity contribution is 0.653. The fourth-order valence-electron chi connectivity index (χ4n) is 2.49. The van der Waals surface area contributed by atoms with Crippen LogP contribution in [0.4, 0.5) is 11.5 Å². The third kappa shape index (κ3) is 3.11. The summed E-state index contributed by atoms with van der Waals surface area (Å²) in [6, 6.07) is 4.99. The molecule has 1 saturated carbocycles. The molecule has 1 N–H and O–H groups in total. The molecule has 17 heavy (non-hydrogen) atoms. The predicted octanol–water partition coefficient (Wildman–Crippen LogP) is 3.28. The van der Waals surface area contributed by atoms with E-state index in [1.54, 1.807) is 0 Å². The van der Waals surface area contributed by atoms with Gasteiger partial charge in [-0.15, -0.1) is 0 Å². The van der Waals surface area contributed by atoms with Gasteiger partial charge in [0, 0.05) is 37.6 Å². The molecule has 1 heterocycles. The van der Waals surface area contributed by atoms with Crippen LogP contribution in [0, 0.1) is 0 Å². The molecule has 0 unspecified atom stereocenters. The molecule has 1 aromatic rings. The Balaban J connectivity index is 2.03. The molecule has 0 aromatic carbocycles. The fraction of sp³-hybridized carbons (Fsp3) is 0.643. The molecule has 0 spiro atoms. The lowest BCUT2D eigenvalue weighted by Gasteiger charge is -2.26. The minimum absolute atomic E-state index is 0.719. The van der Waals surface area contributed by atoms with E-state index >= 15 is 0 Å². The van der Waals surface area contributed by atoms with Gasteiger partial charge in [-0.1, -0.05) is 19.8 Å². The fourth-order valence-corrected chi connectivity index (χ4v) is 2.49. The molecule has 3 heteroatoms. The second-order valence-electron chi connectivity index (χ2n) is 4.88. The average Bonchev–Trinajstić information content (AvgIpc) is 2.89. The maximum atomic E-state index is 4.35. The Labute approximate surface area is 104 Å². The van der Waals surface area contributed by atoms with Crippen molar-refractivity contribution in [3.05, 3.63) is 18.3 Å². The Bertz CT molecular complexity index is 345. The molecule has 3 nitrogen and oxygen atoms in total. The Hall–Kier alpha value is -1.25. The Kier molecular flexibility index (Phi) is 4.24. The molecule has 1 aliphatic carbocycles. The number of nitrogens with one attached hydrogen (secondary N) is 1. The third-order valence-electron chi connectivity index (χ3n) is 3.58. The number of aromatic nitrogens is 1. The number of pyridine rings is 1. The van der Waals surface area contributed by atoms with Crippen LogP contribution in [0.1, 0.15) is 39.0 Å². The molecule has 0 amide bonds. The zero-order valence-electron chi connectivity index (χ0n) is 10.9. The smallest absolute Gasteiger partial charge is 0.127 e. The van der Waals surface area contributed by atoms with Gasteiger partial charge in [0.1, 0.15) is 5.82 Å². The average molecular weight is 233 g/mol. The van der Waals surface area contributed by atoms with Crippen LogP contribution >= 0.6 is 0 Å². The van der Waals surface area contributed by atoms with Gasteiger partial charge in [-0.2, -0.15) is 0 Å². The lowest BCUT2D eigenvalue weighted by atomic mass is 10.2. The monoisotopic (exact) mass is 233 g/mol. The summed E-state index contributed by atoms with van der Waals surface area (Å²) in [6.07, 6.45) is 8.44. The van der Waals surface area contributed by atoms with E-state index in [9.17, 15) is 0 Å². The van der Waals surface area contributed by atoms with E-state index < -0.39 is 0 Å². The number of nitrogens with zero attached hydrogens (tertiary/aromatic N) is 2. The van der Waals surface area contributed by atoms with Gasteiger partial charge in [-0.25, -0.2) is 4.98 Å². The number of anilines is 2. The standard InChI is InChI=1S/C14H23N3/c1-3-9-15-14-11-13(8-10-16-14)17(2)12-6-4-5-7-12/h8,10-12H,3-7,9H2,1-2H3,(H,15,16). The van der Waals surface area contributed by atoms with Crippen LogP contribution in [0.25, 0.3) is 0 Å². The van der Waals surface area contributed by atoms with E-state index in [-0.39, 0.29) is 0 Å². The van der Waals surface area contributed by atoms with Gasteiger partial charge in [0.2, 0.25) is 0 Å². The second kappa shape index (κ2) is 5.89. The van der Waals surface area contributed by atoms with Crippen LogP contribution in [0.5, 0.6) is 0 Å². The molecular weight excluding hydrogens is 210 g/mol. The third-order valence-corrected chi connectivity index (χ3v) is 3.58. The molecule has 0 aliphatic heterocycles. The molecule has 0 atom stereocenters. The first-order valence-corrected chi connectivity index (χ1v) is 6.74. The van der Waals surface area contributed by atoms with Crippen LogP contribution in [-0.4, -0.2) is 24.6 Å². The van der Waals surface area contributed by atoms with E-state index in [4.69, 9.17) is 0 Å². The van der Waals surface area contributed by atoms with Crippen LogP contribution < -0.4 is 10.2 Å². The minimum atomic E-state index is 0.719. The summed E-state index contributed by atoms with van der Waals surface area (Å²) < 4.78 is 0. The highest BCUT2D eigenvalue weighted by molar-refractivity contribution is 5.54. The van der Waals surface area contributed by atoms with Gasteiger partial charge in [0.15, 0.2) is 0 Å². The van der Waals surface area contributed by atoms with E-state index in [1.807, 2.05) is 6.20 Å². The summed E-state index contributed by atoms with van der Waals surface area (Å²) in [5.41, 5.74) is 1.28. The highest BCUT2D eigenvalue weighted by Crippen LogP contribution is 2.27. The van der Waals surface area contributed by atoms with Gasteiger partial charge >= 0.3 is 0 Å². The Morgan fingerprint density at radius 2 is 2.18 bits per heavy atom. The van der Waals surface area contributed by atoms with Gasteiger partial charge in [-0.3, -0.25) is 0 Å². The van der Waals surface area contributed by atoms with Crippen molar-refractivity contribution in [2.45, 2.75) is 45.1 Å². The molecule has 1 aromatic heterocycles. The van der Waals surface area contributed by atoms with Crippen molar-refractivity contribution < 1.29 is 0 Å². The zero-order chi connectivity index (χ0) is 12.1. The van der Waals surface area contributed by atoms with Crippen molar-refractivity contribution in [1.29, 1.82) is 0 Å². The van der Waals surface area contributed by atoms with Gasteiger partial charge in [0.05, 0.1) is 0 Å². The molecule has 0 bridgehead atoms. The van der Waals surface area contributed by atoms with Crippen LogP contribution in [-0.2, 0) is 0 Å². The van der Waals surface area contributed by atoms with Gasteiger partial charge in [-0.05, 0) is 25.3 Å². The molecule has 1 fully saturated rings. The SMILES string of the molecule is CCCNc1cc(N(C)C2CCCC2)ccn1. The molecule has 94 valence electrons. The van der Waals surface area contributed by atoms with E-state index in [0.29, 0.717) is 0 Å². The summed E-state index contributed by atoms with van der Waals surface area (Å²) in [6.45, 7) is 3.16. The van der Waals surface area contributed by atoms with Crippen molar-refractivity contribution in [2.75, 3.05) is 23.8 Å². The number of hydrogen-bond acceptors (Lipinski definition) is 3. The summed E-state index contributed by atoms with van der Waals surface area (Å²) in [4.78, 5) is 6.76. The molecule has 1 aliphatic rings. The lowest BCUT2D eigenvalue weighted by Crippen LogP contribution is -2.28. The number of rotatable bonds is 5. The quantitative estimate of drug-likeness (QED) is 0.846. The van der Waals surface area contributed by atoms with Gasteiger partial charge < -0.3 is 10.2 Å². The maximum absolute atomic E-state index is 4.35. The van der Waals surface area contributed by atoms with Crippen molar-refractivity contribution >= 4 is 11.5 Å². The second-order valence-corrected chi connectivity index (χ2v) is 4.88. The Morgan fingerprint density at radius 1 is 1.41 bits per heavy atom. The minimum Gasteiger partial charge on any atom is -0.371 e.